The van der Waals surface area contributed by atoms with Gasteiger partial charge in [0.05, 0.1) is 6.61 Å². The van der Waals surface area contributed by atoms with Crippen LogP contribution in [-0.2, 0) is 14.3 Å². The molecule has 0 saturated heterocycles. The average molecular weight is 238 g/mol. The highest BCUT2D eigenvalue weighted by Crippen LogP contribution is 2.20. The van der Waals surface area contributed by atoms with E-state index in [-0.39, 0.29) is 0 Å². The summed E-state index contributed by atoms with van der Waals surface area (Å²) in [7, 11) is 2.40. The fourth-order valence-electron chi connectivity index (χ4n) is 1.20. The summed E-state index contributed by atoms with van der Waals surface area (Å²) in [5, 5.41) is 36.8. The van der Waals surface area contributed by atoms with Gasteiger partial charge in [0.2, 0.25) is 0 Å². The van der Waals surface area contributed by atoms with Crippen molar-refractivity contribution in [2.24, 2.45) is 0 Å². The van der Waals surface area contributed by atoms with Gasteiger partial charge in [-0.2, -0.15) is 0 Å². The highest BCUT2D eigenvalue weighted by molar-refractivity contribution is 5.72. The van der Waals surface area contributed by atoms with Gasteiger partial charge < -0.3 is 29.9 Å². The van der Waals surface area contributed by atoms with E-state index in [4.69, 9.17) is 19.7 Å². The quantitative estimate of drug-likeness (QED) is 0.413. The molecule has 0 spiro atoms. The van der Waals surface area contributed by atoms with Crippen molar-refractivity contribution in [2.45, 2.75) is 30.8 Å². The Morgan fingerprint density at radius 1 is 1.38 bits per heavy atom. The number of aliphatic hydroxyl groups excluding tert-OH is 3. The van der Waals surface area contributed by atoms with Crippen LogP contribution in [-0.4, -0.2) is 71.1 Å². The number of carboxylic acid groups (broad SMARTS) is 1. The number of aliphatic hydroxyl groups is 3. The largest absolute Gasteiger partial charge is 0.479 e. The van der Waals surface area contributed by atoms with E-state index in [9.17, 15) is 15.0 Å². The normalized spacial score (nSPS) is 20.9. The monoisotopic (exact) mass is 238 g/mol. The maximum atomic E-state index is 10.6. The Morgan fingerprint density at radius 3 is 2.12 bits per heavy atom. The van der Waals surface area contributed by atoms with Crippen molar-refractivity contribution in [3.8, 4) is 0 Å². The van der Waals surface area contributed by atoms with Gasteiger partial charge in [0, 0.05) is 14.2 Å². The summed E-state index contributed by atoms with van der Waals surface area (Å²) in [5.74, 6) is -1.53. The van der Waals surface area contributed by atoms with Crippen LogP contribution in [0.5, 0.6) is 0 Å². The number of ether oxygens (including phenoxy) is 2. The van der Waals surface area contributed by atoms with E-state index in [1.165, 1.54) is 14.0 Å². The highest BCUT2D eigenvalue weighted by Gasteiger charge is 2.43. The van der Waals surface area contributed by atoms with Crippen LogP contribution in [0.1, 0.15) is 6.92 Å². The van der Waals surface area contributed by atoms with Crippen LogP contribution in [0.15, 0.2) is 0 Å². The minimum atomic E-state index is -1.90. The fourth-order valence-corrected chi connectivity index (χ4v) is 1.20. The number of aliphatic carboxylic acids is 1. The summed E-state index contributed by atoms with van der Waals surface area (Å²) in [4.78, 5) is 10.6. The Balaban J connectivity index is 4.89. The second kappa shape index (κ2) is 6.12. The number of rotatable bonds is 7. The lowest BCUT2D eigenvalue weighted by molar-refractivity contribution is -0.191. The number of carboxylic acids is 1. The highest BCUT2D eigenvalue weighted by atomic mass is 16.5. The first kappa shape index (κ1) is 15.3. The number of hydrogen-bond donors (Lipinski definition) is 4. The van der Waals surface area contributed by atoms with E-state index >= 15 is 0 Å². The van der Waals surface area contributed by atoms with Gasteiger partial charge in [0.1, 0.15) is 17.8 Å². The first-order valence-corrected chi connectivity index (χ1v) is 4.61. The van der Waals surface area contributed by atoms with Crippen LogP contribution in [0.4, 0.5) is 0 Å². The molecule has 0 aromatic heterocycles. The van der Waals surface area contributed by atoms with Crippen LogP contribution >= 0.6 is 0 Å². The summed E-state index contributed by atoms with van der Waals surface area (Å²) in [5.41, 5.74) is -1.41. The van der Waals surface area contributed by atoms with E-state index in [2.05, 4.69) is 0 Å². The van der Waals surface area contributed by atoms with Crippen LogP contribution in [0, 0.1) is 0 Å². The van der Waals surface area contributed by atoms with E-state index in [0.29, 0.717) is 0 Å². The third-order valence-corrected chi connectivity index (χ3v) is 2.55. The molecule has 0 amide bonds. The molecule has 4 unspecified atom stereocenters. The van der Waals surface area contributed by atoms with Crippen LogP contribution in [0.3, 0.4) is 0 Å². The molecule has 0 saturated carbocycles. The molecule has 0 aromatic rings. The molecule has 7 heteroatoms. The lowest BCUT2D eigenvalue weighted by Crippen LogP contribution is -2.56. The summed E-state index contributed by atoms with van der Waals surface area (Å²) in [6.07, 6.45) is -4.78. The average Bonchev–Trinajstić information content (AvgIpc) is 2.28. The van der Waals surface area contributed by atoms with Crippen molar-refractivity contribution in [1.82, 2.24) is 0 Å². The first-order chi connectivity index (χ1) is 7.33. The lowest BCUT2D eigenvalue weighted by Gasteiger charge is -2.36. The summed E-state index contributed by atoms with van der Waals surface area (Å²) in [6.45, 7) is 0.828. The van der Waals surface area contributed by atoms with E-state index in [1.54, 1.807) is 0 Å². The van der Waals surface area contributed by atoms with Crippen LogP contribution < -0.4 is 0 Å². The molecule has 16 heavy (non-hydrogen) atoms. The molecule has 0 fully saturated rings. The van der Waals surface area contributed by atoms with Crippen molar-refractivity contribution in [1.29, 1.82) is 0 Å². The Kier molecular flexibility index (Phi) is 5.84. The smallest absolute Gasteiger partial charge is 0.335 e. The minimum absolute atomic E-state index is 0.545. The third kappa shape index (κ3) is 3.13. The van der Waals surface area contributed by atoms with Gasteiger partial charge in [0.25, 0.3) is 0 Å². The fraction of sp³-hybridized carbons (Fsp3) is 0.889. The molecular weight excluding hydrogens is 220 g/mol. The molecule has 0 bridgehead atoms. The maximum Gasteiger partial charge on any atom is 0.335 e. The summed E-state index contributed by atoms with van der Waals surface area (Å²) >= 11 is 0. The van der Waals surface area contributed by atoms with Gasteiger partial charge in [-0.25, -0.2) is 4.79 Å². The zero-order chi connectivity index (χ0) is 12.9. The molecule has 4 N–H and O–H groups in total. The van der Waals surface area contributed by atoms with E-state index < -0.39 is 36.5 Å². The minimum Gasteiger partial charge on any atom is -0.479 e. The zero-order valence-electron chi connectivity index (χ0n) is 9.45. The predicted molar refractivity (Wildman–Crippen MR) is 52.9 cm³/mol. The zero-order valence-corrected chi connectivity index (χ0v) is 9.45. The van der Waals surface area contributed by atoms with Gasteiger partial charge in [0.15, 0.2) is 6.10 Å². The van der Waals surface area contributed by atoms with E-state index in [0.717, 1.165) is 7.11 Å². The SMILES string of the molecule is COC(C(O)C(=O)O)C(O)C(C)(CO)OC. The van der Waals surface area contributed by atoms with Crippen molar-refractivity contribution < 1.29 is 34.7 Å². The lowest BCUT2D eigenvalue weighted by atomic mass is 9.92. The van der Waals surface area contributed by atoms with Gasteiger partial charge in [-0.1, -0.05) is 0 Å². The first-order valence-electron chi connectivity index (χ1n) is 4.61. The second-order valence-electron chi connectivity index (χ2n) is 3.60. The van der Waals surface area contributed by atoms with Crippen LogP contribution in [0.25, 0.3) is 0 Å². The molecular formula is C9H18O7. The number of hydrogen-bond acceptors (Lipinski definition) is 6. The van der Waals surface area contributed by atoms with Crippen molar-refractivity contribution in [2.75, 3.05) is 20.8 Å². The predicted octanol–water partition coefficient (Wildman–Crippen LogP) is -1.79. The summed E-state index contributed by atoms with van der Waals surface area (Å²) in [6, 6.07) is 0. The summed E-state index contributed by atoms with van der Waals surface area (Å²) < 4.78 is 9.59. The van der Waals surface area contributed by atoms with Crippen molar-refractivity contribution in [3.63, 3.8) is 0 Å². The van der Waals surface area contributed by atoms with Crippen molar-refractivity contribution >= 4 is 5.97 Å². The van der Waals surface area contributed by atoms with Crippen molar-refractivity contribution in [3.05, 3.63) is 0 Å². The Morgan fingerprint density at radius 2 is 1.88 bits per heavy atom. The molecule has 0 heterocycles. The topological polar surface area (TPSA) is 116 Å². The molecule has 4 atom stereocenters. The van der Waals surface area contributed by atoms with Gasteiger partial charge >= 0.3 is 5.97 Å². The van der Waals surface area contributed by atoms with Crippen LogP contribution in [0.2, 0.25) is 0 Å². The Bertz CT molecular complexity index is 226. The second-order valence-corrected chi connectivity index (χ2v) is 3.60. The molecule has 7 nitrogen and oxygen atoms in total. The molecule has 0 radical (unpaired) electrons. The molecule has 0 aliphatic carbocycles. The molecule has 0 aliphatic rings. The molecule has 96 valence electrons. The van der Waals surface area contributed by atoms with Gasteiger partial charge in [-0.3, -0.25) is 0 Å². The Hall–Kier alpha value is -0.730. The number of carbonyl (C=O) groups is 1. The van der Waals surface area contributed by atoms with Gasteiger partial charge in [-0.05, 0) is 6.92 Å². The molecule has 0 aliphatic heterocycles. The van der Waals surface area contributed by atoms with Gasteiger partial charge in [-0.15, -0.1) is 0 Å². The van der Waals surface area contributed by atoms with E-state index in [1.807, 2.05) is 0 Å². The third-order valence-electron chi connectivity index (χ3n) is 2.55. The Labute approximate surface area is 93.2 Å². The standard InChI is InChI=1S/C9H18O7/c1-9(4-10,16-3)7(12)6(15-2)5(11)8(13)14/h5-7,10-12H,4H2,1-3H3,(H,13,14). The maximum absolute atomic E-state index is 10.6. The number of methoxy groups -OCH3 is 2. The molecule has 0 rings (SSSR count). The molecule has 0 aromatic carbocycles.